The lowest BCUT2D eigenvalue weighted by atomic mass is 10.0. The third kappa shape index (κ3) is 4.22. The second-order valence-electron chi connectivity index (χ2n) is 5.47. The van der Waals surface area contributed by atoms with Crippen LogP contribution < -0.4 is 11.1 Å². The van der Waals surface area contributed by atoms with E-state index in [1.54, 1.807) is 0 Å². The van der Waals surface area contributed by atoms with Gasteiger partial charge in [-0.3, -0.25) is 14.4 Å². The molecule has 0 radical (unpaired) electrons. The standard InChI is InChI=1S/C13H23N3O3/c1-8(2)7-10(15-9(3)17)13(19)16-6-4-5-11(16)12(14)18/h8,10-11H,4-7H2,1-3H3,(H2,14,18)(H,15,17). The summed E-state index contributed by atoms with van der Waals surface area (Å²) in [7, 11) is 0. The zero-order valence-electron chi connectivity index (χ0n) is 11.8. The topological polar surface area (TPSA) is 92.5 Å². The van der Waals surface area contributed by atoms with Crippen molar-refractivity contribution in [3.63, 3.8) is 0 Å². The molecule has 1 aliphatic rings. The van der Waals surface area contributed by atoms with Crippen LogP contribution in [-0.2, 0) is 14.4 Å². The van der Waals surface area contributed by atoms with E-state index in [9.17, 15) is 14.4 Å². The Morgan fingerprint density at radius 2 is 2.00 bits per heavy atom. The smallest absolute Gasteiger partial charge is 0.245 e. The van der Waals surface area contributed by atoms with Crippen molar-refractivity contribution in [2.24, 2.45) is 11.7 Å². The molecule has 1 heterocycles. The molecule has 3 N–H and O–H groups in total. The summed E-state index contributed by atoms with van der Waals surface area (Å²) in [5.41, 5.74) is 5.31. The fraction of sp³-hybridized carbons (Fsp3) is 0.769. The second kappa shape index (κ2) is 6.54. The number of rotatable bonds is 5. The predicted molar refractivity (Wildman–Crippen MR) is 71.0 cm³/mol. The molecule has 2 unspecified atom stereocenters. The number of carbonyl (C=O) groups excluding carboxylic acids is 3. The molecule has 1 aliphatic heterocycles. The molecular formula is C13H23N3O3. The molecule has 0 aliphatic carbocycles. The van der Waals surface area contributed by atoms with Crippen LogP contribution in [0.25, 0.3) is 0 Å². The zero-order chi connectivity index (χ0) is 14.6. The van der Waals surface area contributed by atoms with Gasteiger partial charge >= 0.3 is 0 Å². The Morgan fingerprint density at radius 3 is 2.47 bits per heavy atom. The summed E-state index contributed by atoms with van der Waals surface area (Å²) in [6.45, 7) is 5.88. The van der Waals surface area contributed by atoms with Crippen LogP contribution in [0, 0.1) is 5.92 Å². The van der Waals surface area contributed by atoms with E-state index in [1.807, 2.05) is 13.8 Å². The minimum absolute atomic E-state index is 0.204. The van der Waals surface area contributed by atoms with Gasteiger partial charge in [-0.15, -0.1) is 0 Å². The van der Waals surface area contributed by atoms with Crippen molar-refractivity contribution >= 4 is 17.7 Å². The van der Waals surface area contributed by atoms with Crippen LogP contribution in [0.4, 0.5) is 0 Å². The Labute approximate surface area is 113 Å². The highest BCUT2D eigenvalue weighted by Crippen LogP contribution is 2.19. The van der Waals surface area contributed by atoms with Gasteiger partial charge in [-0.25, -0.2) is 0 Å². The lowest BCUT2D eigenvalue weighted by molar-refractivity contribution is -0.140. The Hall–Kier alpha value is -1.59. The largest absolute Gasteiger partial charge is 0.368 e. The van der Waals surface area contributed by atoms with Gasteiger partial charge in [0.2, 0.25) is 17.7 Å². The van der Waals surface area contributed by atoms with Gasteiger partial charge < -0.3 is 16.0 Å². The molecule has 1 fully saturated rings. The van der Waals surface area contributed by atoms with E-state index >= 15 is 0 Å². The summed E-state index contributed by atoms with van der Waals surface area (Å²) in [6, 6.07) is -1.10. The maximum Gasteiger partial charge on any atom is 0.245 e. The third-order valence-corrected chi connectivity index (χ3v) is 3.25. The number of hydrogen-bond donors (Lipinski definition) is 2. The van der Waals surface area contributed by atoms with Crippen LogP contribution in [0.3, 0.4) is 0 Å². The number of amides is 3. The van der Waals surface area contributed by atoms with Gasteiger partial charge in [-0.05, 0) is 25.2 Å². The van der Waals surface area contributed by atoms with Crippen molar-refractivity contribution in [2.45, 2.75) is 52.1 Å². The van der Waals surface area contributed by atoms with Crippen LogP contribution >= 0.6 is 0 Å². The number of nitrogens with two attached hydrogens (primary N) is 1. The summed E-state index contributed by atoms with van der Waals surface area (Å²) in [6.07, 6.45) is 1.93. The van der Waals surface area contributed by atoms with Gasteiger partial charge in [0, 0.05) is 13.5 Å². The van der Waals surface area contributed by atoms with Gasteiger partial charge in [-0.2, -0.15) is 0 Å². The quantitative estimate of drug-likeness (QED) is 0.736. The van der Waals surface area contributed by atoms with E-state index in [1.165, 1.54) is 11.8 Å². The highest BCUT2D eigenvalue weighted by atomic mass is 16.2. The third-order valence-electron chi connectivity index (χ3n) is 3.25. The fourth-order valence-electron chi connectivity index (χ4n) is 2.46. The van der Waals surface area contributed by atoms with Crippen molar-refractivity contribution in [1.82, 2.24) is 10.2 Å². The number of primary amides is 1. The first-order valence-electron chi connectivity index (χ1n) is 6.69. The lowest BCUT2D eigenvalue weighted by Crippen LogP contribution is -2.52. The van der Waals surface area contributed by atoms with Crippen molar-refractivity contribution in [3.05, 3.63) is 0 Å². The number of nitrogens with zero attached hydrogens (tertiary/aromatic N) is 1. The summed E-state index contributed by atoms with van der Waals surface area (Å²) in [4.78, 5) is 36.5. The van der Waals surface area contributed by atoms with Crippen molar-refractivity contribution < 1.29 is 14.4 Å². The summed E-state index contributed by atoms with van der Waals surface area (Å²) in [5.74, 6) is -0.647. The molecule has 6 nitrogen and oxygen atoms in total. The highest BCUT2D eigenvalue weighted by Gasteiger charge is 2.36. The molecule has 0 aromatic heterocycles. The summed E-state index contributed by atoms with van der Waals surface area (Å²) in [5, 5.41) is 2.67. The second-order valence-corrected chi connectivity index (χ2v) is 5.47. The normalized spacial score (nSPS) is 20.4. The monoisotopic (exact) mass is 269 g/mol. The van der Waals surface area contributed by atoms with E-state index < -0.39 is 18.0 Å². The van der Waals surface area contributed by atoms with Crippen LogP contribution in [0.2, 0.25) is 0 Å². The van der Waals surface area contributed by atoms with E-state index in [0.29, 0.717) is 19.4 Å². The number of hydrogen-bond acceptors (Lipinski definition) is 3. The van der Waals surface area contributed by atoms with Gasteiger partial charge in [0.25, 0.3) is 0 Å². The molecule has 0 spiro atoms. The highest BCUT2D eigenvalue weighted by molar-refractivity contribution is 5.91. The van der Waals surface area contributed by atoms with Gasteiger partial charge in [0.05, 0.1) is 0 Å². The number of likely N-dealkylation sites (tertiary alicyclic amines) is 1. The Kier molecular flexibility index (Phi) is 5.32. The molecule has 2 atom stereocenters. The van der Waals surface area contributed by atoms with Crippen LogP contribution in [0.15, 0.2) is 0 Å². The maximum absolute atomic E-state index is 12.4. The van der Waals surface area contributed by atoms with E-state index in [0.717, 1.165) is 6.42 Å². The van der Waals surface area contributed by atoms with Gasteiger partial charge in [0.15, 0.2) is 0 Å². The average Bonchev–Trinajstić information content (AvgIpc) is 2.74. The number of carbonyl (C=O) groups is 3. The zero-order valence-corrected chi connectivity index (χ0v) is 11.8. The van der Waals surface area contributed by atoms with Crippen molar-refractivity contribution in [3.8, 4) is 0 Å². The lowest BCUT2D eigenvalue weighted by Gasteiger charge is -2.28. The molecule has 0 bridgehead atoms. The maximum atomic E-state index is 12.4. The average molecular weight is 269 g/mol. The Morgan fingerprint density at radius 1 is 1.37 bits per heavy atom. The van der Waals surface area contributed by atoms with Crippen molar-refractivity contribution in [2.75, 3.05) is 6.54 Å². The molecule has 1 saturated heterocycles. The Bertz CT molecular complexity index is 368. The van der Waals surface area contributed by atoms with E-state index in [-0.39, 0.29) is 17.7 Å². The molecule has 0 saturated carbocycles. The molecular weight excluding hydrogens is 246 g/mol. The van der Waals surface area contributed by atoms with Crippen LogP contribution in [-0.4, -0.2) is 41.2 Å². The molecule has 1 rings (SSSR count). The minimum Gasteiger partial charge on any atom is -0.368 e. The minimum atomic E-state index is -0.572. The van der Waals surface area contributed by atoms with E-state index in [4.69, 9.17) is 5.73 Å². The predicted octanol–water partition coefficient (Wildman–Crippen LogP) is 0.0135. The SMILES string of the molecule is CC(=O)NC(CC(C)C)C(=O)N1CCCC1C(N)=O. The van der Waals surface area contributed by atoms with Gasteiger partial charge in [-0.1, -0.05) is 13.8 Å². The molecule has 0 aromatic carbocycles. The summed E-state index contributed by atoms with van der Waals surface area (Å²) >= 11 is 0. The first-order chi connectivity index (χ1) is 8.82. The van der Waals surface area contributed by atoms with Crippen molar-refractivity contribution in [1.29, 1.82) is 0 Å². The van der Waals surface area contributed by atoms with E-state index in [2.05, 4.69) is 5.32 Å². The number of nitrogens with one attached hydrogen (secondary N) is 1. The molecule has 0 aromatic rings. The van der Waals surface area contributed by atoms with Crippen LogP contribution in [0.1, 0.15) is 40.0 Å². The fourth-order valence-corrected chi connectivity index (χ4v) is 2.46. The van der Waals surface area contributed by atoms with Gasteiger partial charge in [0.1, 0.15) is 12.1 Å². The Balaban J connectivity index is 2.79. The molecule has 108 valence electrons. The molecule has 6 heteroatoms. The first kappa shape index (κ1) is 15.5. The summed E-state index contributed by atoms with van der Waals surface area (Å²) < 4.78 is 0. The molecule has 19 heavy (non-hydrogen) atoms. The molecule has 3 amide bonds. The van der Waals surface area contributed by atoms with Crippen LogP contribution in [0.5, 0.6) is 0 Å². The first-order valence-corrected chi connectivity index (χ1v) is 6.69.